The molecule has 2 aromatic rings. The summed E-state index contributed by atoms with van der Waals surface area (Å²) in [6.45, 7) is 6.00. The lowest BCUT2D eigenvalue weighted by molar-refractivity contribution is 0.0696. The van der Waals surface area contributed by atoms with Crippen molar-refractivity contribution in [3.63, 3.8) is 0 Å². The number of rotatable bonds is 4. The molecule has 25 heavy (non-hydrogen) atoms. The van der Waals surface area contributed by atoms with Gasteiger partial charge in [-0.15, -0.1) is 0 Å². The minimum atomic E-state index is 0.0837. The van der Waals surface area contributed by atoms with Crippen molar-refractivity contribution in [2.24, 2.45) is 0 Å². The lowest BCUT2D eigenvalue weighted by Gasteiger charge is -2.32. The highest BCUT2D eigenvalue weighted by Crippen LogP contribution is 2.22. The fourth-order valence-corrected chi connectivity index (χ4v) is 3.70. The van der Waals surface area contributed by atoms with Gasteiger partial charge in [0.2, 0.25) is 0 Å². The monoisotopic (exact) mass is 360 g/mol. The second-order valence-corrected chi connectivity index (χ2v) is 7.08. The molecule has 1 atom stereocenters. The number of likely N-dealkylation sites (tertiary alicyclic amines) is 1. The number of carbonyl (C=O) groups excluding carboxylic acids is 1. The predicted molar refractivity (Wildman–Crippen MR) is 100 cm³/mol. The van der Waals surface area contributed by atoms with Gasteiger partial charge in [-0.25, -0.2) is 0 Å². The summed E-state index contributed by atoms with van der Waals surface area (Å²) in [5.74, 6) is 0.0837. The minimum absolute atomic E-state index is 0.0837. The van der Waals surface area contributed by atoms with Crippen LogP contribution in [-0.2, 0) is 6.54 Å². The molecule has 0 spiro atoms. The topological polar surface area (TPSA) is 50.2 Å². The first-order valence-corrected chi connectivity index (χ1v) is 9.13. The molecule has 1 saturated heterocycles. The Morgan fingerprint density at radius 2 is 2.12 bits per heavy atom. The van der Waals surface area contributed by atoms with E-state index in [1.165, 1.54) is 0 Å². The molecule has 134 valence electrons. The van der Waals surface area contributed by atoms with Gasteiger partial charge in [0.05, 0.1) is 17.8 Å². The van der Waals surface area contributed by atoms with E-state index in [-0.39, 0.29) is 5.91 Å². The summed E-state index contributed by atoms with van der Waals surface area (Å²) in [5, 5.41) is 8.60. The number of likely N-dealkylation sites (N-methyl/N-ethyl adjacent to an activating group) is 1. The Hall–Kier alpha value is -1.85. The molecule has 1 amide bonds. The number of hydrogen-bond acceptors (Lipinski definition) is 3. The molecule has 1 N–H and O–H groups in total. The van der Waals surface area contributed by atoms with E-state index in [9.17, 15) is 4.79 Å². The van der Waals surface area contributed by atoms with Gasteiger partial charge < -0.3 is 10.2 Å². The zero-order valence-corrected chi connectivity index (χ0v) is 15.8. The summed E-state index contributed by atoms with van der Waals surface area (Å²) >= 11 is 6.27. The molecule has 6 heteroatoms. The number of nitrogens with zero attached hydrogens (tertiary/aromatic N) is 3. The van der Waals surface area contributed by atoms with E-state index in [1.807, 2.05) is 54.7 Å². The van der Waals surface area contributed by atoms with Crippen LogP contribution in [0, 0.1) is 13.8 Å². The quantitative estimate of drug-likeness (QED) is 0.911. The summed E-state index contributed by atoms with van der Waals surface area (Å²) < 4.78 is 1.88. The van der Waals surface area contributed by atoms with Crippen molar-refractivity contribution in [1.29, 1.82) is 0 Å². The lowest BCUT2D eigenvalue weighted by Crippen LogP contribution is -2.47. The molecule has 1 aromatic heterocycles. The van der Waals surface area contributed by atoms with E-state index in [2.05, 4.69) is 10.4 Å². The van der Waals surface area contributed by atoms with Gasteiger partial charge in [-0.05, 0) is 45.4 Å². The molecule has 0 radical (unpaired) electrons. The second-order valence-electron chi connectivity index (χ2n) is 6.67. The van der Waals surface area contributed by atoms with Crippen LogP contribution in [-0.4, -0.2) is 46.8 Å². The van der Waals surface area contributed by atoms with Crippen molar-refractivity contribution in [1.82, 2.24) is 20.0 Å². The van der Waals surface area contributed by atoms with Crippen LogP contribution in [0.2, 0.25) is 5.02 Å². The van der Waals surface area contributed by atoms with Crippen LogP contribution in [0.4, 0.5) is 0 Å². The summed E-state index contributed by atoms with van der Waals surface area (Å²) in [4.78, 5) is 15.0. The van der Waals surface area contributed by atoms with Crippen molar-refractivity contribution in [3.05, 3.63) is 51.8 Å². The third-order valence-electron chi connectivity index (χ3n) is 4.99. The molecular weight excluding hydrogens is 336 g/mol. The van der Waals surface area contributed by atoms with Crippen molar-refractivity contribution in [3.8, 4) is 0 Å². The molecule has 1 fully saturated rings. The van der Waals surface area contributed by atoms with Crippen molar-refractivity contribution < 1.29 is 4.79 Å². The minimum Gasteiger partial charge on any atom is -0.337 e. The van der Waals surface area contributed by atoms with Crippen LogP contribution < -0.4 is 5.32 Å². The number of hydrogen-bond donors (Lipinski definition) is 1. The van der Waals surface area contributed by atoms with Crippen LogP contribution in [0.3, 0.4) is 0 Å². The van der Waals surface area contributed by atoms with E-state index >= 15 is 0 Å². The molecule has 0 saturated carbocycles. The smallest absolute Gasteiger partial charge is 0.257 e. The average Bonchev–Trinajstić information content (AvgIpc) is 2.90. The molecule has 0 aliphatic carbocycles. The number of amides is 1. The fourth-order valence-electron chi connectivity index (χ4n) is 3.50. The molecule has 1 aliphatic rings. The maximum absolute atomic E-state index is 13.1. The largest absolute Gasteiger partial charge is 0.337 e. The van der Waals surface area contributed by atoms with Crippen LogP contribution >= 0.6 is 11.6 Å². The van der Waals surface area contributed by atoms with E-state index in [1.54, 1.807) is 0 Å². The van der Waals surface area contributed by atoms with Gasteiger partial charge in [0, 0.05) is 29.8 Å². The third kappa shape index (κ3) is 3.72. The SMILES string of the molecule is CNC1CCCN(C(=O)c2c(C)nn(Cc3ccccc3Cl)c2C)C1. The van der Waals surface area contributed by atoms with E-state index < -0.39 is 0 Å². The van der Waals surface area contributed by atoms with E-state index in [0.29, 0.717) is 12.6 Å². The Kier molecular flexibility index (Phi) is 5.45. The van der Waals surface area contributed by atoms with Gasteiger partial charge in [-0.1, -0.05) is 29.8 Å². The Labute approximate surface area is 154 Å². The number of aryl methyl sites for hydroxylation is 1. The van der Waals surface area contributed by atoms with Crippen molar-refractivity contribution >= 4 is 17.5 Å². The van der Waals surface area contributed by atoms with Crippen molar-refractivity contribution in [2.45, 2.75) is 39.3 Å². The van der Waals surface area contributed by atoms with Gasteiger partial charge in [0.15, 0.2) is 0 Å². The van der Waals surface area contributed by atoms with Gasteiger partial charge in [-0.3, -0.25) is 9.48 Å². The van der Waals surface area contributed by atoms with Gasteiger partial charge in [0.1, 0.15) is 0 Å². The number of halogens is 1. The van der Waals surface area contributed by atoms with Crippen LogP contribution in [0.5, 0.6) is 0 Å². The molecule has 3 rings (SSSR count). The molecule has 0 bridgehead atoms. The Balaban J connectivity index is 1.84. The summed E-state index contributed by atoms with van der Waals surface area (Å²) in [7, 11) is 1.96. The number of benzene rings is 1. The summed E-state index contributed by atoms with van der Waals surface area (Å²) in [6.07, 6.45) is 2.15. The predicted octanol–water partition coefficient (Wildman–Crippen LogP) is 3.03. The fraction of sp³-hybridized carbons (Fsp3) is 0.474. The molecule has 1 unspecified atom stereocenters. The van der Waals surface area contributed by atoms with Gasteiger partial charge in [0.25, 0.3) is 5.91 Å². The van der Waals surface area contributed by atoms with Crippen molar-refractivity contribution in [2.75, 3.05) is 20.1 Å². The second kappa shape index (κ2) is 7.58. The number of piperidine rings is 1. The van der Waals surface area contributed by atoms with E-state index in [0.717, 1.165) is 53.5 Å². The Morgan fingerprint density at radius 1 is 1.36 bits per heavy atom. The standard InChI is InChI=1S/C19H25ClN4O/c1-13-18(19(25)23-10-6-8-16(12-23)21-3)14(2)24(22-13)11-15-7-4-5-9-17(15)20/h4-5,7,9,16,21H,6,8,10-12H2,1-3H3. The van der Waals surface area contributed by atoms with Crippen LogP contribution in [0.15, 0.2) is 24.3 Å². The van der Waals surface area contributed by atoms with Gasteiger partial charge >= 0.3 is 0 Å². The van der Waals surface area contributed by atoms with Crippen LogP contribution in [0.1, 0.15) is 40.2 Å². The Bertz CT molecular complexity index is 771. The zero-order chi connectivity index (χ0) is 18.0. The third-order valence-corrected chi connectivity index (χ3v) is 5.36. The highest BCUT2D eigenvalue weighted by molar-refractivity contribution is 6.31. The average molecular weight is 361 g/mol. The maximum atomic E-state index is 13.1. The highest BCUT2D eigenvalue weighted by Gasteiger charge is 2.27. The van der Waals surface area contributed by atoms with E-state index in [4.69, 9.17) is 11.6 Å². The molecule has 1 aliphatic heterocycles. The number of nitrogens with one attached hydrogen (secondary N) is 1. The van der Waals surface area contributed by atoms with Crippen LogP contribution in [0.25, 0.3) is 0 Å². The van der Waals surface area contributed by atoms with Gasteiger partial charge in [-0.2, -0.15) is 5.10 Å². The summed E-state index contributed by atoms with van der Waals surface area (Å²) in [6, 6.07) is 8.11. The first-order chi connectivity index (χ1) is 12.0. The summed E-state index contributed by atoms with van der Waals surface area (Å²) in [5.41, 5.74) is 3.40. The first kappa shape index (κ1) is 18.0. The zero-order valence-electron chi connectivity index (χ0n) is 15.1. The molecule has 5 nitrogen and oxygen atoms in total. The lowest BCUT2D eigenvalue weighted by atomic mass is 10.0. The maximum Gasteiger partial charge on any atom is 0.257 e. The number of aromatic nitrogens is 2. The molecule has 2 heterocycles. The molecular formula is C19H25ClN4O. The number of carbonyl (C=O) groups is 1. The molecule has 1 aromatic carbocycles. The first-order valence-electron chi connectivity index (χ1n) is 8.75. The normalized spacial score (nSPS) is 17.8. The Morgan fingerprint density at radius 3 is 2.84 bits per heavy atom. The highest BCUT2D eigenvalue weighted by atomic mass is 35.5.